The number of hydrogen-bond acceptors (Lipinski definition) is 5. The fraction of sp³-hybridized carbons (Fsp3) is 0.875. The molecule has 0 radical (unpaired) electrons. The van der Waals surface area contributed by atoms with E-state index in [1.165, 1.54) is 44.9 Å². The number of aromatic nitrogens is 2. The molecule has 2 fully saturated rings. The molecular formula is C16H27N3OS. The fourth-order valence-corrected chi connectivity index (χ4v) is 4.76. The Morgan fingerprint density at radius 3 is 2.71 bits per heavy atom. The molecule has 1 heterocycles. The van der Waals surface area contributed by atoms with Gasteiger partial charge >= 0.3 is 0 Å². The average molecular weight is 309 g/mol. The van der Waals surface area contributed by atoms with Crippen LogP contribution in [0.15, 0.2) is 4.52 Å². The Bertz CT molecular complexity index is 458. The molecule has 2 aliphatic carbocycles. The molecule has 3 rings (SSSR count). The summed E-state index contributed by atoms with van der Waals surface area (Å²) < 4.78 is 5.56. The first-order chi connectivity index (χ1) is 10.2. The van der Waals surface area contributed by atoms with Gasteiger partial charge in [-0.25, -0.2) is 0 Å². The molecule has 2 saturated carbocycles. The van der Waals surface area contributed by atoms with E-state index in [-0.39, 0.29) is 11.5 Å². The maximum Gasteiger partial charge on any atom is 0.234 e. The van der Waals surface area contributed by atoms with E-state index in [9.17, 15) is 0 Å². The van der Waals surface area contributed by atoms with Crippen molar-refractivity contribution in [2.45, 2.75) is 87.2 Å². The van der Waals surface area contributed by atoms with Gasteiger partial charge in [-0.15, -0.1) is 0 Å². The van der Waals surface area contributed by atoms with Crippen molar-refractivity contribution in [1.29, 1.82) is 0 Å². The predicted octanol–water partition coefficient (Wildman–Crippen LogP) is 3.79. The number of hydrogen-bond donors (Lipinski definition) is 1. The standard InChI is InChI=1S/C16H27N3OS/c1-16(10-6-5-9-13(16)17)15-18-14(19-20-15)11-21-12-7-3-2-4-8-12/h12-13H,2-11,17H2,1H3. The van der Waals surface area contributed by atoms with Crippen molar-refractivity contribution in [1.82, 2.24) is 10.1 Å². The Morgan fingerprint density at radius 2 is 1.95 bits per heavy atom. The van der Waals surface area contributed by atoms with Gasteiger partial charge in [-0.1, -0.05) is 37.3 Å². The van der Waals surface area contributed by atoms with Gasteiger partial charge in [-0.3, -0.25) is 0 Å². The van der Waals surface area contributed by atoms with E-state index in [1.807, 2.05) is 11.8 Å². The highest BCUT2D eigenvalue weighted by atomic mass is 32.2. The minimum atomic E-state index is -0.126. The van der Waals surface area contributed by atoms with Gasteiger partial charge in [-0.05, 0) is 32.6 Å². The second-order valence-corrected chi connectivity index (χ2v) is 8.15. The van der Waals surface area contributed by atoms with Crippen LogP contribution in [0.25, 0.3) is 0 Å². The quantitative estimate of drug-likeness (QED) is 0.916. The van der Waals surface area contributed by atoms with Crippen LogP contribution < -0.4 is 5.73 Å². The molecule has 0 amide bonds. The summed E-state index contributed by atoms with van der Waals surface area (Å²) in [7, 11) is 0. The van der Waals surface area contributed by atoms with Gasteiger partial charge in [0, 0.05) is 11.3 Å². The van der Waals surface area contributed by atoms with E-state index in [2.05, 4.69) is 17.1 Å². The molecule has 0 saturated heterocycles. The fourth-order valence-electron chi connectivity index (χ4n) is 3.59. The summed E-state index contributed by atoms with van der Waals surface area (Å²) >= 11 is 1.99. The zero-order valence-electron chi connectivity index (χ0n) is 13.0. The number of rotatable bonds is 4. The summed E-state index contributed by atoms with van der Waals surface area (Å²) in [6.45, 7) is 2.18. The zero-order valence-corrected chi connectivity index (χ0v) is 13.8. The van der Waals surface area contributed by atoms with E-state index in [4.69, 9.17) is 10.3 Å². The lowest BCUT2D eigenvalue weighted by molar-refractivity contribution is 0.203. The first-order valence-electron chi connectivity index (χ1n) is 8.39. The second-order valence-electron chi connectivity index (χ2n) is 6.86. The molecule has 0 bridgehead atoms. The van der Waals surface area contributed by atoms with E-state index < -0.39 is 0 Å². The normalized spacial score (nSPS) is 31.4. The summed E-state index contributed by atoms with van der Waals surface area (Å²) in [5.41, 5.74) is 6.19. The van der Waals surface area contributed by atoms with Crippen molar-refractivity contribution >= 4 is 11.8 Å². The van der Waals surface area contributed by atoms with Gasteiger partial charge in [0.05, 0.1) is 11.2 Å². The van der Waals surface area contributed by atoms with Gasteiger partial charge < -0.3 is 10.3 Å². The van der Waals surface area contributed by atoms with E-state index in [0.29, 0.717) is 0 Å². The lowest BCUT2D eigenvalue weighted by Crippen LogP contribution is -2.45. The van der Waals surface area contributed by atoms with Crippen molar-refractivity contribution in [3.05, 3.63) is 11.7 Å². The zero-order chi connectivity index (χ0) is 14.7. The minimum absolute atomic E-state index is 0.126. The van der Waals surface area contributed by atoms with Gasteiger partial charge in [0.15, 0.2) is 5.82 Å². The molecular weight excluding hydrogens is 282 g/mol. The molecule has 5 heteroatoms. The van der Waals surface area contributed by atoms with Crippen LogP contribution in [0.2, 0.25) is 0 Å². The Labute approximate surface area is 131 Å². The van der Waals surface area contributed by atoms with Crippen LogP contribution in [0.5, 0.6) is 0 Å². The van der Waals surface area contributed by atoms with Crippen molar-refractivity contribution in [2.75, 3.05) is 0 Å². The van der Waals surface area contributed by atoms with E-state index >= 15 is 0 Å². The highest BCUT2D eigenvalue weighted by Crippen LogP contribution is 2.37. The summed E-state index contributed by atoms with van der Waals surface area (Å²) in [6.07, 6.45) is 11.4. The molecule has 2 N–H and O–H groups in total. The highest BCUT2D eigenvalue weighted by Gasteiger charge is 2.40. The molecule has 4 nitrogen and oxygen atoms in total. The third kappa shape index (κ3) is 3.45. The molecule has 21 heavy (non-hydrogen) atoms. The van der Waals surface area contributed by atoms with Crippen LogP contribution in [-0.4, -0.2) is 21.4 Å². The third-order valence-corrected chi connectivity index (χ3v) is 6.60. The van der Waals surface area contributed by atoms with Crippen molar-refractivity contribution in [3.8, 4) is 0 Å². The topological polar surface area (TPSA) is 64.9 Å². The Kier molecular flexibility index (Phi) is 4.89. The Balaban J connectivity index is 1.60. The molecule has 0 spiro atoms. The number of nitrogens with zero attached hydrogens (tertiary/aromatic N) is 2. The number of nitrogens with two attached hydrogens (primary N) is 1. The molecule has 0 aromatic carbocycles. The third-order valence-electron chi connectivity index (χ3n) is 5.24. The monoisotopic (exact) mass is 309 g/mol. The van der Waals surface area contributed by atoms with Crippen LogP contribution in [-0.2, 0) is 11.2 Å². The summed E-state index contributed by atoms with van der Waals surface area (Å²) in [5, 5.41) is 4.98. The first kappa shape index (κ1) is 15.3. The van der Waals surface area contributed by atoms with Crippen molar-refractivity contribution in [3.63, 3.8) is 0 Å². The summed E-state index contributed by atoms with van der Waals surface area (Å²) in [4.78, 5) is 4.66. The Hall–Kier alpha value is -0.550. The number of thioether (sulfide) groups is 1. The van der Waals surface area contributed by atoms with Gasteiger partial charge in [0.2, 0.25) is 5.89 Å². The summed E-state index contributed by atoms with van der Waals surface area (Å²) in [6, 6.07) is 0.144. The van der Waals surface area contributed by atoms with Crippen molar-refractivity contribution in [2.24, 2.45) is 5.73 Å². The van der Waals surface area contributed by atoms with Crippen LogP contribution in [0.4, 0.5) is 0 Å². The lowest BCUT2D eigenvalue weighted by atomic mass is 9.72. The maximum absolute atomic E-state index is 6.31. The lowest BCUT2D eigenvalue weighted by Gasteiger charge is -2.35. The van der Waals surface area contributed by atoms with Gasteiger partial charge in [0.25, 0.3) is 0 Å². The molecule has 1 aromatic rings. The molecule has 0 aliphatic heterocycles. The first-order valence-corrected chi connectivity index (χ1v) is 9.43. The molecule has 2 aliphatic rings. The van der Waals surface area contributed by atoms with E-state index in [0.717, 1.165) is 35.6 Å². The molecule has 2 atom stereocenters. The molecule has 118 valence electrons. The average Bonchev–Trinajstić information content (AvgIpc) is 2.99. The summed E-state index contributed by atoms with van der Waals surface area (Å²) in [5.74, 6) is 2.48. The van der Waals surface area contributed by atoms with Crippen LogP contribution >= 0.6 is 11.8 Å². The van der Waals surface area contributed by atoms with E-state index in [1.54, 1.807) is 0 Å². The van der Waals surface area contributed by atoms with Crippen LogP contribution in [0, 0.1) is 0 Å². The highest BCUT2D eigenvalue weighted by molar-refractivity contribution is 7.99. The van der Waals surface area contributed by atoms with Crippen LogP contribution in [0.3, 0.4) is 0 Å². The Morgan fingerprint density at radius 1 is 1.19 bits per heavy atom. The minimum Gasteiger partial charge on any atom is -0.339 e. The van der Waals surface area contributed by atoms with Gasteiger partial charge in [0.1, 0.15) is 0 Å². The van der Waals surface area contributed by atoms with Crippen molar-refractivity contribution < 1.29 is 4.52 Å². The molecule has 2 unspecified atom stereocenters. The predicted molar refractivity (Wildman–Crippen MR) is 86.3 cm³/mol. The smallest absolute Gasteiger partial charge is 0.234 e. The largest absolute Gasteiger partial charge is 0.339 e. The van der Waals surface area contributed by atoms with Crippen LogP contribution in [0.1, 0.15) is 76.4 Å². The van der Waals surface area contributed by atoms with Gasteiger partial charge in [-0.2, -0.15) is 16.7 Å². The SMILES string of the molecule is CC1(c2nc(CSC3CCCCC3)no2)CCCCC1N. The second kappa shape index (κ2) is 6.69. The maximum atomic E-state index is 6.31. The molecule has 1 aromatic heterocycles.